The summed E-state index contributed by atoms with van der Waals surface area (Å²) in [5.41, 5.74) is 0. The van der Waals surface area contributed by atoms with Crippen molar-refractivity contribution in [2.45, 2.75) is 25.9 Å². The highest BCUT2D eigenvalue weighted by Crippen LogP contribution is 2.31. The van der Waals surface area contributed by atoms with Crippen molar-refractivity contribution in [3.63, 3.8) is 0 Å². The molecule has 2 atom stereocenters. The first kappa shape index (κ1) is 9.95. The van der Waals surface area contributed by atoms with E-state index < -0.39 is 16.2 Å². The van der Waals surface area contributed by atoms with Gasteiger partial charge in [-0.2, -0.15) is 8.42 Å². The summed E-state index contributed by atoms with van der Waals surface area (Å²) < 4.78 is 26.7. The summed E-state index contributed by atoms with van der Waals surface area (Å²) in [4.78, 5) is 0. The third-order valence-corrected chi connectivity index (χ3v) is 3.13. The van der Waals surface area contributed by atoms with Crippen LogP contribution in [0.3, 0.4) is 0 Å². The summed E-state index contributed by atoms with van der Waals surface area (Å²) >= 11 is 0. The molecule has 1 N–H and O–H groups in total. The van der Waals surface area contributed by atoms with Crippen LogP contribution in [0.2, 0.25) is 0 Å². The van der Waals surface area contributed by atoms with E-state index >= 15 is 0 Å². The maximum atomic E-state index is 11.1. The second-order valence-corrected chi connectivity index (χ2v) is 4.79. The van der Waals surface area contributed by atoms with Crippen molar-refractivity contribution in [1.82, 2.24) is 0 Å². The zero-order valence-corrected chi connectivity index (χ0v) is 7.88. The van der Waals surface area contributed by atoms with Gasteiger partial charge in [-0.15, -0.1) is 0 Å². The van der Waals surface area contributed by atoms with Crippen LogP contribution in [-0.4, -0.2) is 32.0 Å². The molecule has 1 aliphatic rings. The van der Waals surface area contributed by atoms with Gasteiger partial charge < -0.3 is 5.11 Å². The molecule has 0 saturated heterocycles. The Labute approximate surface area is 72.7 Å². The summed E-state index contributed by atoms with van der Waals surface area (Å²) in [6, 6.07) is 0. The fraction of sp³-hybridized carbons (Fsp3) is 1.00. The molecule has 5 heteroatoms. The van der Waals surface area contributed by atoms with E-state index in [0.29, 0.717) is 12.8 Å². The van der Waals surface area contributed by atoms with E-state index in [0.717, 1.165) is 0 Å². The maximum Gasteiger partial charge on any atom is 0.267 e. The highest BCUT2D eigenvalue weighted by molar-refractivity contribution is 7.86. The fourth-order valence-corrected chi connectivity index (χ4v) is 2.33. The van der Waals surface area contributed by atoms with E-state index in [9.17, 15) is 8.42 Å². The van der Waals surface area contributed by atoms with E-state index in [-0.39, 0.29) is 18.3 Å². The first-order chi connectivity index (χ1) is 5.55. The molecule has 4 nitrogen and oxygen atoms in total. The van der Waals surface area contributed by atoms with Crippen LogP contribution in [0.15, 0.2) is 0 Å². The molecule has 0 aromatic heterocycles. The maximum absolute atomic E-state index is 11.1. The third-order valence-electron chi connectivity index (χ3n) is 1.77. The summed E-state index contributed by atoms with van der Waals surface area (Å²) in [6.07, 6.45) is 0.853. The monoisotopic (exact) mass is 194 g/mol. The lowest BCUT2D eigenvalue weighted by Gasteiger charge is -2.02. The molecule has 12 heavy (non-hydrogen) atoms. The van der Waals surface area contributed by atoms with Crippen molar-refractivity contribution >= 4 is 10.1 Å². The second kappa shape index (κ2) is 3.72. The molecule has 2 unspecified atom stereocenters. The molecule has 1 aliphatic carbocycles. The van der Waals surface area contributed by atoms with Crippen molar-refractivity contribution in [2.75, 3.05) is 12.4 Å². The molecule has 0 amide bonds. The highest BCUT2D eigenvalue weighted by atomic mass is 32.2. The molecule has 0 heterocycles. The van der Waals surface area contributed by atoms with Crippen LogP contribution < -0.4 is 0 Å². The average molecular weight is 194 g/mol. The molecule has 1 rings (SSSR count). The first-order valence-electron chi connectivity index (χ1n) is 4.10. The van der Waals surface area contributed by atoms with Crippen LogP contribution >= 0.6 is 0 Å². The van der Waals surface area contributed by atoms with Gasteiger partial charge in [0.1, 0.15) is 0 Å². The van der Waals surface area contributed by atoms with Gasteiger partial charge in [-0.1, -0.05) is 6.92 Å². The van der Waals surface area contributed by atoms with Gasteiger partial charge >= 0.3 is 0 Å². The van der Waals surface area contributed by atoms with Crippen molar-refractivity contribution in [3.8, 4) is 0 Å². The molecule has 1 saturated carbocycles. The van der Waals surface area contributed by atoms with Gasteiger partial charge in [0.25, 0.3) is 10.1 Å². The van der Waals surface area contributed by atoms with Gasteiger partial charge in [0.05, 0.1) is 18.5 Å². The van der Waals surface area contributed by atoms with Gasteiger partial charge in [0, 0.05) is 5.92 Å². The lowest BCUT2D eigenvalue weighted by Crippen LogP contribution is -2.13. The molecule has 0 aliphatic heterocycles. The Morgan fingerprint density at radius 2 is 2.17 bits per heavy atom. The van der Waals surface area contributed by atoms with Crippen molar-refractivity contribution in [2.24, 2.45) is 5.92 Å². The predicted molar refractivity (Wildman–Crippen MR) is 44.1 cm³/mol. The largest absolute Gasteiger partial charge is 0.393 e. The lowest BCUT2D eigenvalue weighted by molar-refractivity contribution is 0.260. The molecule has 0 aromatic carbocycles. The van der Waals surface area contributed by atoms with Crippen LogP contribution in [0.5, 0.6) is 0 Å². The zero-order valence-electron chi connectivity index (χ0n) is 7.06. The normalized spacial score (nSPS) is 28.8. The Morgan fingerprint density at radius 1 is 1.58 bits per heavy atom. The van der Waals surface area contributed by atoms with Crippen LogP contribution in [0.4, 0.5) is 0 Å². The van der Waals surface area contributed by atoms with E-state index in [2.05, 4.69) is 4.18 Å². The average Bonchev–Trinajstić information content (AvgIpc) is 2.61. The van der Waals surface area contributed by atoms with Gasteiger partial charge in [0.15, 0.2) is 0 Å². The number of aliphatic hydroxyl groups is 1. The van der Waals surface area contributed by atoms with E-state index in [1.54, 1.807) is 0 Å². The van der Waals surface area contributed by atoms with Gasteiger partial charge in [-0.05, 0) is 12.8 Å². The zero-order chi connectivity index (χ0) is 9.19. The van der Waals surface area contributed by atoms with E-state index in [4.69, 9.17) is 5.11 Å². The Kier molecular flexibility index (Phi) is 3.09. The quantitative estimate of drug-likeness (QED) is 0.631. The highest BCUT2D eigenvalue weighted by Gasteiger charge is 2.39. The Morgan fingerprint density at radius 3 is 2.58 bits per heavy atom. The molecular formula is C7H14O4S. The van der Waals surface area contributed by atoms with Crippen LogP contribution in [-0.2, 0) is 14.3 Å². The van der Waals surface area contributed by atoms with Crippen molar-refractivity contribution < 1.29 is 17.7 Å². The Bertz CT molecular complexity index is 234. The minimum atomic E-state index is -3.37. The smallest absolute Gasteiger partial charge is 0.267 e. The van der Waals surface area contributed by atoms with Gasteiger partial charge in [0.2, 0.25) is 0 Å². The first-order valence-corrected chi connectivity index (χ1v) is 5.68. The number of aliphatic hydroxyl groups excluding tert-OH is 1. The molecule has 0 aromatic rings. The minimum absolute atomic E-state index is 0.0336. The van der Waals surface area contributed by atoms with Gasteiger partial charge in [-0.3, -0.25) is 4.18 Å². The van der Waals surface area contributed by atoms with E-state index in [1.807, 2.05) is 6.92 Å². The van der Waals surface area contributed by atoms with Crippen molar-refractivity contribution in [1.29, 1.82) is 0 Å². The molecule has 1 fully saturated rings. The predicted octanol–water partition coefficient (Wildman–Crippen LogP) is 0.124. The van der Waals surface area contributed by atoms with E-state index in [1.165, 1.54) is 0 Å². The molecule has 72 valence electrons. The van der Waals surface area contributed by atoms with Crippen LogP contribution in [0.1, 0.15) is 19.8 Å². The number of hydrogen-bond donors (Lipinski definition) is 1. The lowest BCUT2D eigenvalue weighted by atomic mass is 10.5. The van der Waals surface area contributed by atoms with Crippen LogP contribution in [0, 0.1) is 5.92 Å². The topological polar surface area (TPSA) is 63.6 Å². The Hall–Kier alpha value is -0.130. The molecular weight excluding hydrogens is 180 g/mol. The summed E-state index contributed by atoms with van der Waals surface area (Å²) in [5, 5.41) is 8.90. The molecule has 0 radical (unpaired) electrons. The molecule has 0 spiro atoms. The van der Waals surface area contributed by atoms with Crippen molar-refractivity contribution in [3.05, 3.63) is 0 Å². The molecule has 0 bridgehead atoms. The number of hydrogen-bond acceptors (Lipinski definition) is 4. The Balaban J connectivity index is 2.28. The van der Waals surface area contributed by atoms with Gasteiger partial charge in [-0.25, -0.2) is 0 Å². The summed E-state index contributed by atoms with van der Waals surface area (Å²) in [5.74, 6) is -0.124. The second-order valence-electron chi connectivity index (χ2n) is 3.11. The SMILES string of the molecule is CCCOS(=O)(=O)CC1CC1O. The van der Waals surface area contributed by atoms with Crippen LogP contribution in [0.25, 0.3) is 0 Å². The minimum Gasteiger partial charge on any atom is -0.393 e. The summed E-state index contributed by atoms with van der Waals surface area (Å²) in [7, 11) is -3.37. The standard InChI is InChI=1S/C7H14O4S/c1-2-3-11-12(9,10)5-6-4-7(6)8/h6-8H,2-5H2,1H3. The third kappa shape index (κ3) is 3.08. The number of rotatable bonds is 5. The fourth-order valence-electron chi connectivity index (χ4n) is 0.931. The summed E-state index contributed by atoms with van der Waals surface area (Å²) in [6.45, 7) is 2.09.